The van der Waals surface area contributed by atoms with Gasteiger partial charge in [0.05, 0.1) is 22.9 Å². The van der Waals surface area contributed by atoms with Crippen LogP contribution < -0.4 is 15.4 Å². The first-order chi connectivity index (χ1) is 13.9. The van der Waals surface area contributed by atoms with Gasteiger partial charge in [-0.25, -0.2) is 0 Å². The van der Waals surface area contributed by atoms with E-state index in [-0.39, 0.29) is 24.1 Å². The van der Waals surface area contributed by atoms with Crippen LogP contribution in [0.3, 0.4) is 0 Å². The number of fused-ring (bicyclic) bond motifs is 1. The number of nitrogens with one attached hydrogen (secondary N) is 2. The summed E-state index contributed by atoms with van der Waals surface area (Å²) in [5, 5.41) is 6.50. The van der Waals surface area contributed by atoms with Crippen LogP contribution in [0.25, 0.3) is 11.0 Å². The van der Waals surface area contributed by atoms with Crippen molar-refractivity contribution in [2.75, 3.05) is 18.4 Å². The van der Waals surface area contributed by atoms with E-state index in [0.29, 0.717) is 41.1 Å². The zero-order valence-corrected chi connectivity index (χ0v) is 15.9. The molecule has 6 nitrogen and oxygen atoms in total. The standard InChI is InChI=1S/C19H17ClF3N5O/c20-14-6-16-15(26-3-4-27-16)5-11(14)7-28-17-10-25-9-13(19(21,22)23)18(17)29-12-1-2-24-8-12/h3-6,9-10,12,24,28H,1-2,7-8H2/t12-/m1/s1. The third-order valence-electron chi connectivity index (χ3n) is 4.61. The summed E-state index contributed by atoms with van der Waals surface area (Å²) in [6.07, 6.45) is 0.941. The van der Waals surface area contributed by atoms with Crippen LogP contribution in [0.15, 0.2) is 36.9 Å². The summed E-state index contributed by atoms with van der Waals surface area (Å²) < 4.78 is 46.2. The Hall–Kier alpha value is -2.65. The molecule has 0 saturated carbocycles. The van der Waals surface area contributed by atoms with Crippen LogP contribution >= 0.6 is 11.6 Å². The number of alkyl halides is 3. The Labute approximate surface area is 169 Å². The molecule has 1 atom stereocenters. The molecule has 3 heterocycles. The average Bonchev–Trinajstić information content (AvgIpc) is 3.19. The van der Waals surface area contributed by atoms with E-state index in [1.165, 1.54) is 6.20 Å². The summed E-state index contributed by atoms with van der Waals surface area (Å²) in [7, 11) is 0. The zero-order chi connectivity index (χ0) is 20.4. The fourth-order valence-corrected chi connectivity index (χ4v) is 3.38. The van der Waals surface area contributed by atoms with Gasteiger partial charge in [-0.2, -0.15) is 13.2 Å². The fourth-order valence-electron chi connectivity index (χ4n) is 3.15. The maximum absolute atomic E-state index is 13.5. The zero-order valence-electron chi connectivity index (χ0n) is 15.1. The molecule has 152 valence electrons. The number of hydrogen-bond donors (Lipinski definition) is 2. The number of hydrogen-bond acceptors (Lipinski definition) is 6. The molecule has 0 bridgehead atoms. The molecule has 1 aliphatic heterocycles. The summed E-state index contributed by atoms with van der Waals surface area (Å²) >= 11 is 6.31. The number of anilines is 1. The van der Waals surface area contributed by atoms with E-state index in [4.69, 9.17) is 16.3 Å². The highest BCUT2D eigenvalue weighted by atomic mass is 35.5. The topological polar surface area (TPSA) is 72.0 Å². The van der Waals surface area contributed by atoms with E-state index in [0.717, 1.165) is 6.20 Å². The molecule has 0 unspecified atom stereocenters. The predicted molar refractivity (Wildman–Crippen MR) is 103 cm³/mol. The Morgan fingerprint density at radius 2 is 1.93 bits per heavy atom. The van der Waals surface area contributed by atoms with Gasteiger partial charge in [0, 0.05) is 36.7 Å². The summed E-state index contributed by atoms with van der Waals surface area (Å²) in [4.78, 5) is 12.1. The minimum Gasteiger partial charge on any atom is -0.486 e. The first-order valence-corrected chi connectivity index (χ1v) is 9.35. The van der Waals surface area contributed by atoms with Gasteiger partial charge in [-0.15, -0.1) is 0 Å². The lowest BCUT2D eigenvalue weighted by Gasteiger charge is -2.21. The van der Waals surface area contributed by atoms with E-state index in [1.54, 1.807) is 24.5 Å². The number of benzene rings is 1. The lowest BCUT2D eigenvalue weighted by Crippen LogP contribution is -2.22. The third kappa shape index (κ3) is 4.35. The van der Waals surface area contributed by atoms with Gasteiger partial charge in [-0.3, -0.25) is 15.0 Å². The SMILES string of the molecule is FC(F)(F)c1cncc(NCc2cc3nccnc3cc2Cl)c1O[C@@H]1CCNC1. The summed E-state index contributed by atoms with van der Waals surface area (Å²) in [5.41, 5.74) is 1.20. The molecule has 2 N–H and O–H groups in total. The fraction of sp³-hybridized carbons (Fsp3) is 0.316. The van der Waals surface area contributed by atoms with Crippen molar-refractivity contribution in [1.29, 1.82) is 0 Å². The van der Waals surface area contributed by atoms with E-state index in [9.17, 15) is 13.2 Å². The van der Waals surface area contributed by atoms with Crippen molar-refractivity contribution < 1.29 is 17.9 Å². The summed E-state index contributed by atoms with van der Waals surface area (Å²) in [6, 6.07) is 3.42. The number of rotatable bonds is 5. The van der Waals surface area contributed by atoms with Crippen LogP contribution in [0, 0.1) is 0 Å². The molecular weight excluding hydrogens is 407 g/mol. The molecule has 2 aromatic heterocycles. The second-order valence-corrected chi connectivity index (χ2v) is 7.04. The van der Waals surface area contributed by atoms with Crippen LogP contribution in [0.5, 0.6) is 5.75 Å². The molecule has 0 amide bonds. The van der Waals surface area contributed by atoms with Crippen LogP contribution in [0.4, 0.5) is 18.9 Å². The molecule has 10 heteroatoms. The van der Waals surface area contributed by atoms with Crippen molar-refractivity contribution in [3.05, 3.63) is 53.1 Å². The van der Waals surface area contributed by atoms with Gasteiger partial charge in [0.25, 0.3) is 0 Å². The molecule has 4 rings (SSSR count). The van der Waals surface area contributed by atoms with Crippen molar-refractivity contribution in [2.24, 2.45) is 0 Å². The maximum Gasteiger partial charge on any atom is 0.421 e. The van der Waals surface area contributed by atoms with Gasteiger partial charge in [-0.05, 0) is 30.7 Å². The quantitative estimate of drug-likeness (QED) is 0.645. The van der Waals surface area contributed by atoms with Crippen molar-refractivity contribution >= 4 is 28.3 Å². The largest absolute Gasteiger partial charge is 0.486 e. The highest BCUT2D eigenvalue weighted by Gasteiger charge is 2.37. The normalized spacial score (nSPS) is 16.9. The number of pyridine rings is 1. The molecule has 1 fully saturated rings. The molecule has 29 heavy (non-hydrogen) atoms. The Bertz CT molecular complexity index is 1020. The molecule has 0 spiro atoms. The summed E-state index contributed by atoms with van der Waals surface area (Å²) in [6.45, 7) is 1.37. The number of aromatic nitrogens is 3. The lowest BCUT2D eigenvalue weighted by atomic mass is 10.1. The predicted octanol–water partition coefficient (Wildman–Crippen LogP) is 4.05. The Morgan fingerprint density at radius 3 is 2.62 bits per heavy atom. The van der Waals surface area contributed by atoms with E-state index in [2.05, 4.69) is 25.6 Å². The van der Waals surface area contributed by atoms with Crippen LogP contribution in [-0.2, 0) is 12.7 Å². The van der Waals surface area contributed by atoms with Crippen LogP contribution in [-0.4, -0.2) is 34.1 Å². The van der Waals surface area contributed by atoms with Gasteiger partial charge in [-0.1, -0.05) is 11.6 Å². The maximum atomic E-state index is 13.5. The number of nitrogens with zero attached hydrogens (tertiary/aromatic N) is 3. The van der Waals surface area contributed by atoms with Gasteiger partial charge >= 0.3 is 6.18 Å². The summed E-state index contributed by atoms with van der Waals surface area (Å²) in [5.74, 6) is -0.252. The number of halogens is 4. The molecular formula is C19H17ClF3N5O. The molecule has 1 aromatic carbocycles. The van der Waals surface area contributed by atoms with E-state index < -0.39 is 11.7 Å². The molecule has 0 radical (unpaired) electrons. The Kier molecular flexibility index (Phi) is 5.42. The van der Waals surface area contributed by atoms with Gasteiger partial charge in [0.15, 0.2) is 5.75 Å². The van der Waals surface area contributed by atoms with Gasteiger partial charge < -0.3 is 15.4 Å². The van der Waals surface area contributed by atoms with Crippen molar-refractivity contribution in [3.8, 4) is 5.75 Å². The van der Waals surface area contributed by atoms with E-state index >= 15 is 0 Å². The molecule has 1 saturated heterocycles. The molecule has 0 aliphatic carbocycles. The van der Waals surface area contributed by atoms with Crippen molar-refractivity contribution in [3.63, 3.8) is 0 Å². The first-order valence-electron chi connectivity index (χ1n) is 8.97. The highest BCUT2D eigenvalue weighted by Crippen LogP contribution is 2.41. The lowest BCUT2D eigenvalue weighted by molar-refractivity contribution is -0.139. The molecule has 3 aromatic rings. The average molecular weight is 424 g/mol. The van der Waals surface area contributed by atoms with Gasteiger partial charge in [0.2, 0.25) is 0 Å². The third-order valence-corrected chi connectivity index (χ3v) is 4.96. The van der Waals surface area contributed by atoms with Crippen molar-refractivity contribution in [1.82, 2.24) is 20.3 Å². The van der Waals surface area contributed by atoms with Crippen LogP contribution in [0.2, 0.25) is 5.02 Å². The monoisotopic (exact) mass is 423 g/mol. The first kappa shape index (κ1) is 19.7. The smallest absolute Gasteiger partial charge is 0.421 e. The Morgan fingerprint density at radius 1 is 1.17 bits per heavy atom. The minimum absolute atomic E-state index is 0.155. The Balaban J connectivity index is 1.63. The van der Waals surface area contributed by atoms with Gasteiger partial charge in [0.1, 0.15) is 11.7 Å². The van der Waals surface area contributed by atoms with Crippen molar-refractivity contribution in [2.45, 2.75) is 25.2 Å². The second kappa shape index (κ2) is 8.00. The number of ether oxygens (including phenoxy) is 1. The highest BCUT2D eigenvalue weighted by molar-refractivity contribution is 6.32. The van der Waals surface area contributed by atoms with E-state index in [1.807, 2.05) is 0 Å². The molecule has 1 aliphatic rings. The minimum atomic E-state index is -4.58. The second-order valence-electron chi connectivity index (χ2n) is 6.64. The van der Waals surface area contributed by atoms with Crippen LogP contribution in [0.1, 0.15) is 17.5 Å².